The van der Waals surface area contributed by atoms with Crippen LogP contribution in [0.1, 0.15) is 25.0 Å². The predicted molar refractivity (Wildman–Crippen MR) is 63.3 cm³/mol. The molecule has 0 aliphatic heterocycles. The highest BCUT2D eigenvalue weighted by atomic mass is 19.4. The Bertz CT molecular complexity index is 534. The lowest BCUT2D eigenvalue weighted by atomic mass is 9.93. The first-order chi connectivity index (χ1) is 10.3. The van der Waals surface area contributed by atoms with Gasteiger partial charge in [0.1, 0.15) is 5.75 Å². The molecular weight excluding hydrogens is 337 g/mol. The van der Waals surface area contributed by atoms with Crippen molar-refractivity contribution in [2.24, 2.45) is 0 Å². The molecule has 1 atom stereocenters. The van der Waals surface area contributed by atoms with Gasteiger partial charge in [0.25, 0.3) is 0 Å². The molecule has 130 valence electrons. The number of carbonyl (C=O) groups is 1. The second kappa shape index (κ2) is 6.34. The van der Waals surface area contributed by atoms with Crippen LogP contribution in [0, 0.1) is 0 Å². The van der Waals surface area contributed by atoms with Crippen LogP contribution in [-0.4, -0.2) is 29.1 Å². The number of aliphatic hydroxyl groups excluding tert-OH is 1. The first-order valence-electron chi connectivity index (χ1n) is 6.07. The Kier molecular flexibility index (Phi) is 5.30. The molecule has 3 nitrogen and oxygen atoms in total. The second-order valence-corrected chi connectivity index (χ2v) is 4.68. The van der Waals surface area contributed by atoms with E-state index in [0.29, 0.717) is 0 Å². The molecule has 0 saturated carbocycles. The van der Waals surface area contributed by atoms with Crippen LogP contribution in [0.15, 0.2) is 24.3 Å². The number of aliphatic hydroxyl groups is 1. The minimum absolute atomic E-state index is 0.0356. The predicted octanol–water partition coefficient (Wildman–Crippen LogP) is 3.87. The first-order valence-corrected chi connectivity index (χ1v) is 6.07. The highest BCUT2D eigenvalue weighted by Crippen LogP contribution is 2.50. The lowest BCUT2D eigenvalue weighted by Crippen LogP contribution is -2.54. The summed E-state index contributed by atoms with van der Waals surface area (Å²) in [5, 5.41) is 9.51. The van der Waals surface area contributed by atoms with Crippen molar-refractivity contribution in [2.45, 2.75) is 37.5 Å². The molecule has 10 heteroatoms. The number of rotatable bonds is 4. The molecule has 0 fully saturated rings. The Labute approximate surface area is 125 Å². The number of hydrogen-bond donors (Lipinski definition) is 1. The molecule has 0 spiro atoms. The van der Waals surface area contributed by atoms with E-state index in [2.05, 4.69) is 4.74 Å². The summed E-state index contributed by atoms with van der Waals surface area (Å²) in [5.41, 5.74) is -5.94. The van der Waals surface area contributed by atoms with Gasteiger partial charge in [-0.2, -0.15) is 26.3 Å². The zero-order chi connectivity index (χ0) is 18.1. The van der Waals surface area contributed by atoms with Crippen LogP contribution in [0.2, 0.25) is 0 Å². The highest BCUT2D eigenvalue weighted by Gasteiger charge is 2.72. The van der Waals surface area contributed by atoms with Gasteiger partial charge in [-0.05, 0) is 17.7 Å². The summed E-state index contributed by atoms with van der Waals surface area (Å²) in [6.07, 6.45) is -17.1. The molecule has 1 aromatic rings. The van der Waals surface area contributed by atoms with Gasteiger partial charge in [-0.25, -0.2) is 4.39 Å². The molecule has 0 heterocycles. The fraction of sp³-hybridized carbons (Fsp3) is 0.462. The summed E-state index contributed by atoms with van der Waals surface area (Å²) in [4.78, 5) is 10.7. The smallest absolute Gasteiger partial charge is 0.427 e. The van der Waals surface area contributed by atoms with Gasteiger partial charge in [-0.1, -0.05) is 12.1 Å². The van der Waals surface area contributed by atoms with E-state index in [1.807, 2.05) is 0 Å². The van der Waals surface area contributed by atoms with Crippen molar-refractivity contribution in [1.82, 2.24) is 0 Å². The number of alkyl halides is 7. The number of carbonyl (C=O) groups excluding carboxylic acids is 1. The van der Waals surface area contributed by atoms with E-state index < -0.39 is 42.1 Å². The Morgan fingerprint density at radius 1 is 1.04 bits per heavy atom. The maximum absolute atomic E-state index is 13.5. The number of halogens is 7. The fourth-order valence-electron chi connectivity index (χ4n) is 1.70. The molecule has 0 amide bonds. The number of ether oxygens (including phenoxy) is 1. The van der Waals surface area contributed by atoms with Gasteiger partial charge in [0.15, 0.2) is 0 Å². The van der Waals surface area contributed by atoms with E-state index in [-0.39, 0.29) is 5.75 Å². The van der Waals surface area contributed by atoms with Gasteiger partial charge in [0.05, 0.1) is 6.10 Å². The van der Waals surface area contributed by atoms with E-state index in [1.54, 1.807) is 0 Å². The molecule has 1 aromatic carbocycles. The summed E-state index contributed by atoms with van der Waals surface area (Å²) < 4.78 is 92.6. The normalized spacial score (nSPS) is 14.5. The molecule has 23 heavy (non-hydrogen) atoms. The van der Waals surface area contributed by atoms with Crippen LogP contribution in [0.25, 0.3) is 0 Å². The van der Waals surface area contributed by atoms with Gasteiger partial charge >= 0.3 is 24.0 Å². The van der Waals surface area contributed by atoms with Crippen LogP contribution in [-0.2, 0) is 4.79 Å². The van der Waals surface area contributed by atoms with E-state index >= 15 is 0 Å². The summed E-state index contributed by atoms with van der Waals surface area (Å²) in [5.74, 6) is -0.734. The molecule has 0 saturated heterocycles. The lowest BCUT2D eigenvalue weighted by Gasteiger charge is -2.31. The maximum Gasteiger partial charge on any atom is 0.431 e. The zero-order valence-electron chi connectivity index (χ0n) is 11.5. The van der Waals surface area contributed by atoms with E-state index in [0.717, 1.165) is 31.2 Å². The summed E-state index contributed by atoms with van der Waals surface area (Å²) >= 11 is 0. The minimum atomic E-state index is -6.23. The average molecular weight is 348 g/mol. The molecule has 1 unspecified atom stereocenters. The topological polar surface area (TPSA) is 46.5 Å². The van der Waals surface area contributed by atoms with Crippen molar-refractivity contribution in [3.05, 3.63) is 29.8 Å². The third-order valence-electron chi connectivity index (χ3n) is 2.90. The van der Waals surface area contributed by atoms with Gasteiger partial charge < -0.3 is 9.84 Å². The van der Waals surface area contributed by atoms with Crippen LogP contribution >= 0.6 is 0 Å². The van der Waals surface area contributed by atoms with Crippen LogP contribution in [0.4, 0.5) is 30.7 Å². The molecule has 1 N–H and O–H groups in total. The van der Waals surface area contributed by atoms with Gasteiger partial charge in [-0.3, -0.25) is 4.79 Å². The monoisotopic (exact) mass is 348 g/mol. The second-order valence-electron chi connectivity index (χ2n) is 4.68. The number of esters is 1. The Morgan fingerprint density at radius 2 is 1.48 bits per heavy atom. The molecule has 0 aliphatic carbocycles. The summed E-state index contributed by atoms with van der Waals surface area (Å²) in [6.45, 7) is 1.08. The number of hydrogen-bond acceptors (Lipinski definition) is 3. The van der Waals surface area contributed by atoms with Crippen molar-refractivity contribution < 1.29 is 45.4 Å². The molecule has 0 aliphatic rings. The van der Waals surface area contributed by atoms with Crippen molar-refractivity contribution >= 4 is 5.97 Å². The lowest BCUT2D eigenvalue weighted by molar-refractivity contribution is -0.347. The maximum atomic E-state index is 13.5. The quantitative estimate of drug-likeness (QED) is 0.511. The fourth-order valence-corrected chi connectivity index (χ4v) is 1.70. The number of benzene rings is 1. The SMILES string of the molecule is CC(=O)Oc1ccc(C(O)CC(F)(C(F)(F)F)C(F)(F)F)cc1. The third-order valence-corrected chi connectivity index (χ3v) is 2.90. The van der Waals surface area contributed by atoms with Crippen molar-refractivity contribution in [1.29, 1.82) is 0 Å². The summed E-state index contributed by atoms with van der Waals surface area (Å²) in [7, 11) is 0. The molecule has 0 bridgehead atoms. The van der Waals surface area contributed by atoms with Crippen molar-refractivity contribution in [2.75, 3.05) is 0 Å². The van der Waals surface area contributed by atoms with E-state index in [9.17, 15) is 40.6 Å². The highest BCUT2D eigenvalue weighted by molar-refractivity contribution is 5.69. The first kappa shape index (κ1) is 19.2. The average Bonchev–Trinajstić information content (AvgIpc) is 2.35. The van der Waals surface area contributed by atoms with Crippen LogP contribution in [0.3, 0.4) is 0 Å². The van der Waals surface area contributed by atoms with Crippen molar-refractivity contribution in [3.8, 4) is 5.75 Å². The van der Waals surface area contributed by atoms with Crippen molar-refractivity contribution in [3.63, 3.8) is 0 Å². The third kappa shape index (κ3) is 4.34. The molecule has 0 aromatic heterocycles. The van der Waals surface area contributed by atoms with E-state index in [1.165, 1.54) is 0 Å². The Hall–Kier alpha value is -1.84. The van der Waals surface area contributed by atoms with Crippen LogP contribution in [0.5, 0.6) is 5.75 Å². The van der Waals surface area contributed by atoms with E-state index in [4.69, 9.17) is 0 Å². The molecule has 1 rings (SSSR count). The van der Waals surface area contributed by atoms with Crippen LogP contribution < -0.4 is 4.74 Å². The zero-order valence-corrected chi connectivity index (χ0v) is 11.5. The Morgan fingerprint density at radius 3 is 1.83 bits per heavy atom. The van der Waals surface area contributed by atoms with Gasteiger partial charge in [0.2, 0.25) is 0 Å². The summed E-state index contributed by atoms with van der Waals surface area (Å²) in [6, 6.07) is 3.94. The molecule has 0 radical (unpaired) electrons. The van der Waals surface area contributed by atoms with Gasteiger partial charge in [0, 0.05) is 13.3 Å². The minimum Gasteiger partial charge on any atom is -0.427 e. The van der Waals surface area contributed by atoms with Gasteiger partial charge in [-0.15, -0.1) is 0 Å². The standard InChI is InChI=1S/C13H11F7O3/c1-7(21)23-9-4-2-8(3-5-9)10(22)6-11(14,12(15,16)17)13(18,19)20/h2-5,10,22H,6H2,1H3. The molecular formula is C13H11F7O3. The largest absolute Gasteiger partial charge is 0.431 e. The Balaban J connectivity index is 3.00.